The van der Waals surface area contributed by atoms with Gasteiger partial charge in [-0.3, -0.25) is 4.79 Å². The van der Waals surface area contributed by atoms with Crippen molar-refractivity contribution in [1.29, 1.82) is 0 Å². The third-order valence-electron chi connectivity index (χ3n) is 4.82. The molecular weight excluding hydrogens is 422 g/mol. The van der Waals surface area contributed by atoms with Crippen molar-refractivity contribution in [2.75, 3.05) is 18.2 Å². The average molecular weight is 452 g/mol. The second kappa shape index (κ2) is 12.0. The van der Waals surface area contributed by atoms with Crippen molar-refractivity contribution in [2.24, 2.45) is 0 Å². The SMILES string of the molecule is C=CCn1c(CNc2ccc(C)cc2)nnc1SCCC(=O)NCc1ccc(OC)cc1. The Morgan fingerprint density at radius 3 is 2.56 bits per heavy atom. The van der Waals surface area contributed by atoms with Crippen molar-refractivity contribution in [1.82, 2.24) is 20.1 Å². The molecule has 0 fully saturated rings. The molecule has 0 unspecified atom stereocenters. The van der Waals surface area contributed by atoms with Gasteiger partial charge >= 0.3 is 0 Å². The number of methoxy groups -OCH3 is 1. The summed E-state index contributed by atoms with van der Waals surface area (Å²) in [5.74, 6) is 2.25. The number of rotatable bonds is 12. The van der Waals surface area contributed by atoms with E-state index in [0.29, 0.717) is 31.8 Å². The Morgan fingerprint density at radius 1 is 1.12 bits per heavy atom. The minimum atomic E-state index is 0.00404. The van der Waals surface area contributed by atoms with Crippen LogP contribution in [0.3, 0.4) is 0 Å². The molecule has 0 saturated heterocycles. The Balaban J connectivity index is 1.47. The van der Waals surface area contributed by atoms with Crippen molar-refractivity contribution >= 4 is 23.4 Å². The van der Waals surface area contributed by atoms with Crippen molar-refractivity contribution in [3.05, 3.63) is 78.1 Å². The minimum absolute atomic E-state index is 0.00404. The number of thioether (sulfide) groups is 1. The molecule has 0 aliphatic carbocycles. The van der Waals surface area contributed by atoms with Crippen LogP contribution in [0.4, 0.5) is 5.69 Å². The molecule has 1 aromatic heterocycles. The van der Waals surface area contributed by atoms with E-state index in [-0.39, 0.29) is 5.91 Å². The zero-order valence-electron chi connectivity index (χ0n) is 18.5. The topological polar surface area (TPSA) is 81.1 Å². The van der Waals surface area contributed by atoms with Crippen molar-refractivity contribution in [2.45, 2.75) is 38.1 Å². The van der Waals surface area contributed by atoms with Gasteiger partial charge in [-0.2, -0.15) is 0 Å². The summed E-state index contributed by atoms with van der Waals surface area (Å²) in [5, 5.41) is 15.7. The molecule has 0 bridgehead atoms. The summed E-state index contributed by atoms with van der Waals surface area (Å²) in [4.78, 5) is 12.2. The molecule has 8 heteroatoms. The van der Waals surface area contributed by atoms with Gasteiger partial charge in [-0.1, -0.05) is 47.7 Å². The van der Waals surface area contributed by atoms with Crippen LogP contribution < -0.4 is 15.4 Å². The summed E-state index contributed by atoms with van der Waals surface area (Å²) >= 11 is 1.52. The predicted octanol–water partition coefficient (Wildman–Crippen LogP) is 4.19. The number of carbonyl (C=O) groups excluding carboxylic acids is 1. The Kier molecular flexibility index (Phi) is 8.74. The highest BCUT2D eigenvalue weighted by atomic mass is 32.2. The Bertz CT molecular complexity index is 1020. The molecule has 1 amide bonds. The molecule has 0 radical (unpaired) electrons. The number of benzene rings is 2. The van der Waals surface area contributed by atoms with Crippen molar-refractivity contribution < 1.29 is 9.53 Å². The molecular formula is C24H29N5O2S. The number of carbonyl (C=O) groups is 1. The van der Waals surface area contributed by atoms with Crippen LogP contribution in [0.1, 0.15) is 23.4 Å². The molecule has 2 aromatic carbocycles. The monoisotopic (exact) mass is 451 g/mol. The highest BCUT2D eigenvalue weighted by Crippen LogP contribution is 2.19. The Labute approximate surface area is 193 Å². The first-order chi connectivity index (χ1) is 15.6. The highest BCUT2D eigenvalue weighted by Gasteiger charge is 2.12. The molecule has 0 saturated carbocycles. The molecule has 168 valence electrons. The molecule has 0 atom stereocenters. The fourth-order valence-corrected chi connectivity index (χ4v) is 3.89. The largest absolute Gasteiger partial charge is 0.497 e. The lowest BCUT2D eigenvalue weighted by Crippen LogP contribution is -2.23. The molecule has 0 aliphatic heterocycles. The quantitative estimate of drug-likeness (QED) is 0.317. The lowest BCUT2D eigenvalue weighted by molar-refractivity contribution is -0.120. The summed E-state index contributed by atoms with van der Waals surface area (Å²) in [7, 11) is 1.63. The summed E-state index contributed by atoms with van der Waals surface area (Å²) in [6.45, 7) is 7.58. The van der Waals surface area contributed by atoms with Crippen LogP contribution in [0.15, 0.2) is 66.3 Å². The maximum absolute atomic E-state index is 12.2. The van der Waals surface area contributed by atoms with Gasteiger partial charge in [0.25, 0.3) is 0 Å². The number of aromatic nitrogens is 3. The Hall–Kier alpha value is -3.26. The summed E-state index contributed by atoms with van der Waals surface area (Å²) in [6.07, 6.45) is 2.23. The standard InChI is InChI=1S/C24H29N5O2S/c1-4-14-29-22(17-25-20-9-5-18(2)6-10-20)27-28-24(29)32-15-13-23(30)26-16-19-7-11-21(31-3)12-8-19/h4-12,25H,1,13-17H2,2-3H3,(H,26,30). The summed E-state index contributed by atoms with van der Waals surface area (Å²) in [5.41, 5.74) is 3.28. The third kappa shape index (κ3) is 6.88. The molecule has 3 aromatic rings. The number of allylic oxidation sites excluding steroid dienone is 1. The van der Waals surface area contributed by atoms with Gasteiger partial charge in [0.1, 0.15) is 5.75 Å². The minimum Gasteiger partial charge on any atom is -0.497 e. The van der Waals surface area contributed by atoms with Crippen LogP contribution in [0.5, 0.6) is 5.75 Å². The third-order valence-corrected chi connectivity index (χ3v) is 5.78. The van der Waals surface area contributed by atoms with Crippen LogP contribution in [-0.2, 0) is 24.4 Å². The lowest BCUT2D eigenvalue weighted by atomic mass is 10.2. The molecule has 0 spiro atoms. The van der Waals surface area contributed by atoms with Crippen LogP contribution >= 0.6 is 11.8 Å². The van der Waals surface area contributed by atoms with Gasteiger partial charge in [0.15, 0.2) is 11.0 Å². The van der Waals surface area contributed by atoms with Gasteiger partial charge in [0.2, 0.25) is 5.91 Å². The number of nitrogens with zero attached hydrogens (tertiary/aromatic N) is 3. The smallest absolute Gasteiger partial charge is 0.221 e. The zero-order chi connectivity index (χ0) is 22.8. The average Bonchev–Trinajstić information content (AvgIpc) is 3.19. The molecule has 0 aliphatic rings. The van der Waals surface area contributed by atoms with E-state index in [0.717, 1.165) is 28.0 Å². The molecule has 3 rings (SSSR count). The predicted molar refractivity (Wildman–Crippen MR) is 129 cm³/mol. The second-order valence-electron chi connectivity index (χ2n) is 7.24. The first kappa shape index (κ1) is 23.4. The van der Waals surface area contributed by atoms with Gasteiger partial charge in [-0.25, -0.2) is 0 Å². The van der Waals surface area contributed by atoms with Gasteiger partial charge in [-0.15, -0.1) is 16.8 Å². The second-order valence-corrected chi connectivity index (χ2v) is 8.30. The molecule has 7 nitrogen and oxygen atoms in total. The Morgan fingerprint density at radius 2 is 1.88 bits per heavy atom. The van der Waals surface area contributed by atoms with E-state index in [1.54, 1.807) is 7.11 Å². The van der Waals surface area contributed by atoms with E-state index < -0.39 is 0 Å². The van der Waals surface area contributed by atoms with E-state index in [1.807, 2.05) is 47.0 Å². The number of ether oxygens (including phenoxy) is 1. The van der Waals surface area contributed by atoms with Gasteiger partial charge in [0, 0.05) is 31.0 Å². The van der Waals surface area contributed by atoms with E-state index in [9.17, 15) is 4.79 Å². The van der Waals surface area contributed by atoms with Gasteiger partial charge < -0.3 is 19.9 Å². The van der Waals surface area contributed by atoms with Crippen LogP contribution in [-0.4, -0.2) is 33.5 Å². The first-order valence-corrected chi connectivity index (χ1v) is 11.4. The molecule has 2 N–H and O–H groups in total. The number of aryl methyl sites for hydroxylation is 1. The van der Waals surface area contributed by atoms with Crippen molar-refractivity contribution in [3.8, 4) is 5.75 Å². The van der Waals surface area contributed by atoms with Gasteiger partial charge in [0.05, 0.1) is 13.7 Å². The van der Waals surface area contributed by atoms with Crippen molar-refractivity contribution in [3.63, 3.8) is 0 Å². The number of hydrogen-bond donors (Lipinski definition) is 2. The van der Waals surface area contributed by atoms with Gasteiger partial charge in [-0.05, 0) is 36.8 Å². The summed E-state index contributed by atoms with van der Waals surface area (Å²) in [6, 6.07) is 15.9. The van der Waals surface area contributed by atoms with Crippen LogP contribution in [0.25, 0.3) is 0 Å². The normalized spacial score (nSPS) is 10.6. The maximum atomic E-state index is 12.2. The van der Waals surface area contributed by atoms with Crippen LogP contribution in [0.2, 0.25) is 0 Å². The highest BCUT2D eigenvalue weighted by molar-refractivity contribution is 7.99. The number of hydrogen-bond acceptors (Lipinski definition) is 6. The first-order valence-electron chi connectivity index (χ1n) is 10.4. The summed E-state index contributed by atoms with van der Waals surface area (Å²) < 4.78 is 7.17. The van der Waals surface area contributed by atoms with E-state index >= 15 is 0 Å². The van der Waals surface area contributed by atoms with Crippen LogP contribution in [0, 0.1) is 6.92 Å². The van der Waals surface area contributed by atoms with E-state index in [2.05, 4.69) is 46.5 Å². The number of nitrogens with one attached hydrogen (secondary N) is 2. The zero-order valence-corrected chi connectivity index (χ0v) is 19.3. The maximum Gasteiger partial charge on any atom is 0.221 e. The number of anilines is 1. The van der Waals surface area contributed by atoms with E-state index in [4.69, 9.17) is 4.74 Å². The van der Waals surface area contributed by atoms with E-state index in [1.165, 1.54) is 17.3 Å². The fraction of sp³-hybridized carbons (Fsp3) is 0.292. The molecule has 32 heavy (non-hydrogen) atoms. The fourth-order valence-electron chi connectivity index (χ4n) is 2.99. The molecule has 1 heterocycles. The number of amides is 1. The lowest BCUT2D eigenvalue weighted by Gasteiger charge is -2.10.